The first-order chi connectivity index (χ1) is 13.3. The summed E-state index contributed by atoms with van der Waals surface area (Å²) in [5, 5.41) is 0.533. The van der Waals surface area contributed by atoms with Crippen molar-refractivity contribution in [2.24, 2.45) is 7.05 Å². The smallest absolute Gasteiger partial charge is 0.264 e. The molecule has 2 amide bonds. The minimum absolute atomic E-state index is 0.0415. The Labute approximate surface area is 168 Å². The van der Waals surface area contributed by atoms with Crippen LogP contribution in [0.1, 0.15) is 54.8 Å². The summed E-state index contributed by atoms with van der Waals surface area (Å²) in [5.74, 6) is 0.0381. The van der Waals surface area contributed by atoms with Gasteiger partial charge in [-0.05, 0) is 45.1 Å². The van der Waals surface area contributed by atoms with Gasteiger partial charge in [-0.3, -0.25) is 14.4 Å². The molecule has 0 spiro atoms. The van der Waals surface area contributed by atoms with Gasteiger partial charge in [0, 0.05) is 27.1 Å². The highest BCUT2D eigenvalue weighted by Gasteiger charge is 2.50. The summed E-state index contributed by atoms with van der Waals surface area (Å²) in [6.07, 6.45) is 5.08. The van der Waals surface area contributed by atoms with Crippen molar-refractivity contribution in [3.63, 3.8) is 0 Å². The van der Waals surface area contributed by atoms with Gasteiger partial charge in [-0.15, -0.1) is 11.3 Å². The van der Waals surface area contributed by atoms with E-state index in [-0.39, 0.29) is 29.0 Å². The van der Waals surface area contributed by atoms with Crippen LogP contribution in [0.5, 0.6) is 0 Å². The summed E-state index contributed by atoms with van der Waals surface area (Å²) in [4.78, 5) is 47.8. The monoisotopic (exact) mass is 402 g/mol. The van der Waals surface area contributed by atoms with E-state index in [0.29, 0.717) is 27.2 Å². The van der Waals surface area contributed by atoms with Crippen LogP contribution in [-0.4, -0.2) is 55.8 Å². The molecule has 2 aromatic heterocycles. The van der Waals surface area contributed by atoms with Gasteiger partial charge >= 0.3 is 0 Å². The van der Waals surface area contributed by atoms with Crippen molar-refractivity contribution >= 4 is 33.4 Å². The van der Waals surface area contributed by atoms with Crippen molar-refractivity contribution in [3.05, 3.63) is 27.1 Å². The van der Waals surface area contributed by atoms with Crippen LogP contribution in [-0.2, 0) is 11.8 Å². The van der Waals surface area contributed by atoms with Gasteiger partial charge in [0.2, 0.25) is 5.91 Å². The molecule has 0 N–H and O–H groups in total. The molecule has 0 aliphatic carbocycles. The number of aromatic nitrogens is 2. The van der Waals surface area contributed by atoms with Gasteiger partial charge in [0.25, 0.3) is 11.5 Å². The summed E-state index contributed by atoms with van der Waals surface area (Å²) < 4.78 is 1.44. The molecule has 4 rings (SSSR count). The number of carbonyl (C=O) groups is 2. The molecule has 2 saturated heterocycles. The van der Waals surface area contributed by atoms with E-state index in [2.05, 4.69) is 11.9 Å². The molecule has 2 atom stereocenters. The van der Waals surface area contributed by atoms with Gasteiger partial charge in [-0.25, -0.2) is 4.98 Å². The lowest BCUT2D eigenvalue weighted by atomic mass is 9.76. The van der Waals surface area contributed by atoms with E-state index in [1.165, 1.54) is 22.2 Å². The second kappa shape index (κ2) is 6.69. The van der Waals surface area contributed by atoms with Crippen molar-refractivity contribution in [1.82, 2.24) is 19.4 Å². The number of aryl methyl sites for hydroxylation is 2. The largest absolute Gasteiger partial charge is 0.338 e. The maximum atomic E-state index is 13.6. The van der Waals surface area contributed by atoms with Crippen LogP contribution in [0.15, 0.2) is 11.1 Å². The van der Waals surface area contributed by atoms with Crippen molar-refractivity contribution in [2.75, 3.05) is 13.1 Å². The van der Waals surface area contributed by atoms with Gasteiger partial charge in [0.1, 0.15) is 4.83 Å². The minimum Gasteiger partial charge on any atom is -0.338 e. The van der Waals surface area contributed by atoms with E-state index in [1.54, 1.807) is 14.0 Å². The molecular weight excluding hydrogens is 376 g/mol. The number of likely N-dealkylation sites (tertiary alicyclic amines) is 2. The topological polar surface area (TPSA) is 75.5 Å². The van der Waals surface area contributed by atoms with Crippen LogP contribution in [0.4, 0.5) is 0 Å². The van der Waals surface area contributed by atoms with Crippen LogP contribution >= 0.6 is 11.3 Å². The SMILES string of the molecule is CC(=O)N1CCC[C@@]2(C)[C@@H]1CCCN2C(=O)c1sc2ncn(C)c(=O)c2c1C. The Kier molecular flexibility index (Phi) is 4.56. The van der Waals surface area contributed by atoms with Crippen molar-refractivity contribution in [2.45, 2.75) is 58.0 Å². The number of hydrogen-bond donors (Lipinski definition) is 0. The average Bonchev–Trinajstić information content (AvgIpc) is 2.99. The molecule has 8 heteroatoms. The van der Waals surface area contributed by atoms with Gasteiger partial charge in [-0.2, -0.15) is 0 Å². The van der Waals surface area contributed by atoms with E-state index < -0.39 is 0 Å². The summed E-state index contributed by atoms with van der Waals surface area (Å²) in [5.41, 5.74) is 0.213. The maximum absolute atomic E-state index is 13.6. The first-order valence-electron chi connectivity index (χ1n) is 9.79. The van der Waals surface area contributed by atoms with Crippen LogP contribution in [0.3, 0.4) is 0 Å². The van der Waals surface area contributed by atoms with Crippen molar-refractivity contribution in [3.8, 4) is 0 Å². The minimum atomic E-state index is -0.375. The van der Waals surface area contributed by atoms with E-state index in [0.717, 1.165) is 32.2 Å². The zero-order chi connectivity index (χ0) is 20.2. The zero-order valence-corrected chi connectivity index (χ0v) is 17.6. The Balaban J connectivity index is 1.77. The fraction of sp³-hybridized carbons (Fsp3) is 0.600. The van der Waals surface area contributed by atoms with Crippen LogP contribution < -0.4 is 5.56 Å². The lowest BCUT2D eigenvalue weighted by Gasteiger charge is -2.56. The van der Waals surface area contributed by atoms with Crippen LogP contribution in [0, 0.1) is 6.92 Å². The number of fused-ring (bicyclic) bond motifs is 2. The zero-order valence-electron chi connectivity index (χ0n) is 16.8. The predicted octanol–water partition coefficient (Wildman–Crippen LogP) is 2.31. The quantitative estimate of drug-likeness (QED) is 0.734. The standard InChI is InChI=1S/C20H26N4O3S/c1-12-15-17(21-11-22(4)18(15)26)28-16(12)19(27)24-10-5-7-14-20(24,3)8-6-9-23(14)13(2)25/h11,14H,5-10H2,1-4H3/t14-,20-/m0/s1. The number of rotatable bonds is 1. The Morgan fingerprint density at radius 1 is 1.29 bits per heavy atom. The highest BCUT2D eigenvalue weighted by atomic mass is 32.1. The molecule has 2 aliphatic heterocycles. The number of hydrogen-bond acceptors (Lipinski definition) is 5. The third-order valence-corrected chi connectivity index (χ3v) is 7.69. The fourth-order valence-electron chi connectivity index (χ4n) is 4.99. The summed E-state index contributed by atoms with van der Waals surface area (Å²) in [6.45, 7) is 7.01. The average molecular weight is 403 g/mol. The number of thiophene rings is 1. The molecule has 0 saturated carbocycles. The molecule has 0 radical (unpaired) electrons. The van der Waals surface area contributed by atoms with E-state index in [9.17, 15) is 14.4 Å². The molecule has 28 heavy (non-hydrogen) atoms. The number of piperidine rings is 2. The molecule has 2 aromatic rings. The van der Waals surface area contributed by atoms with Crippen LogP contribution in [0.25, 0.3) is 10.2 Å². The molecule has 150 valence electrons. The molecule has 2 fully saturated rings. The van der Waals surface area contributed by atoms with Crippen molar-refractivity contribution < 1.29 is 9.59 Å². The first-order valence-corrected chi connectivity index (χ1v) is 10.6. The molecule has 4 heterocycles. The lowest BCUT2D eigenvalue weighted by molar-refractivity contribution is -0.140. The Hall–Kier alpha value is -2.22. The number of amides is 2. The highest BCUT2D eigenvalue weighted by Crippen LogP contribution is 2.41. The van der Waals surface area contributed by atoms with Gasteiger partial charge < -0.3 is 14.4 Å². The maximum Gasteiger partial charge on any atom is 0.264 e. The van der Waals surface area contributed by atoms with E-state index in [4.69, 9.17) is 0 Å². The second-order valence-corrected chi connectivity index (χ2v) is 9.18. The lowest BCUT2D eigenvalue weighted by Crippen LogP contribution is -2.68. The third kappa shape index (κ3) is 2.69. The molecule has 0 bridgehead atoms. The number of carbonyl (C=O) groups excluding carboxylic acids is 2. The molecular formula is C20H26N4O3S. The predicted molar refractivity (Wildman–Crippen MR) is 109 cm³/mol. The van der Waals surface area contributed by atoms with Gasteiger partial charge in [-0.1, -0.05) is 0 Å². The molecule has 7 nitrogen and oxygen atoms in total. The summed E-state index contributed by atoms with van der Waals surface area (Å²) in [6, 6.07) is 0.0529. The van der Waals surface area contributed by atoms with E-state index in [1.807, 2.05) is 16.7 Å². The molecule has 0 aromatic carbocycles. The Morgan fingerprint density at radius 2 is 2.04 bits per heavy atom. The van der Waals surface area contributed by atoms with E-state index >= 15 is 0 Å². The first kappa shape index (κ1) is 19.1. The summed E-state index contributed by atoms with van der Waals surface area (Å²) >= 11 is 1.30. The Bertz CT molecular complexity index is 1030. The van der Waals surface area contributed by atoms with Gasteiger partial charge in [0.05, 0.1) is 28.2 Å². The molecule has 0 unspecified atom stereocenters. The third-order valence-electron chi connectivity index (χ3n) is 6.51. The van der Waals surface area contributed by atoms with Gasteiger partial charge in [0.15, 0.2) is 0 Å². The summed E-state index contributed by atoms with van der Waals surface area (Å²) in [7, 11) is 1.67. The van der Waals surface area contributed by atoms with Crippen molar-refractivity contribution in [1.29, 1.82) is 0 Å². The normalized spacial score (nSPS) is 25.1. The van der Waals surface area contributed by atoms with Crippen LogP contribution in [0.2, 0.25) is 0 Å². The second-order valence-electron chi connectivity index (χ2n) is 8.18. The number of nitrogens with zero attached hydrogens (tertiary/aromatic N) is 4. The fourth-order valence-corrected chi connectivity index (χ4v) is 6.08. The highest BCUT2D eigenvalue weighted by molar-refractivity contribution is 7.20. The molecule has 2 aliphatic rings. The Morgan fingerprint density at radius 3 is 2.75 bits per heavy atom.